The van der Waals surface area contributed by atoms with E-state index in [0.717, 1.165) is 0 Å². The zero-order valence-electron chi connectivity index (χ0n) is 10.7. The summed E-state index contributed by atoms with van der Waals surface area (Å²) in [4.78, 5) is 0. The van der Waals surface area contributed by atoms with Gasteiger partial charge in [-0.05, 0) is 34.1 Å². The third-order valence-corrected chi connectivity index (χ3v) is 4.10. The van der Waals surface area contributed by atoms with Crippen LogP contribution in [0.3, 0.4) is 0 Å². The molecule has 1 aromatic heterocycles. The minimum atomic E-state index is -0.380. The molecule has 1 heterocycles. The maximum atomic E-state index is 14.3. The minimum Gasteiger partial charge on any atom is -0.382 e. The van der Waals surface area contributed by atoms with Crippen LogP contribution in [0.1, 0.15) is 0 Å². The highest BCUT2D eigenvalue weighted by Crippen LogP contribution is 2.39. The molecule has 0 amide bonds. The van der Waals surface area contributed by atoms with Crippen LogP contribution in [0.4, 0.5) is 10.2 Å². The fourth-order valence-corrected chi connectivity index (χ4v) is 2.78. The molecule has 0 unspecified atom stereocenters. The second-order valence-corrected chi connectivity index (χ2v) is 5.70. The van der Waals surface area contributed by atoms with Crippen LogP contribution >= 0.6 is 27.5 Å². The molecule has 6 heteroatoms. The predicted molar refractivity (Wildman–Crippen MR) is 86.5 cm³/mol. The van der Waals surface area contributed by atoms with Crippen molar-refractivity contribution >= 4 is 33.3 Å². The lowest BCUT2D eigenvalue weighted by atomic mass is 10.0. The van der Waals surface area contributed by atoms with Crippen LogP contribution < -0.4 is 5.73 Å². The first-order valence-electron chi connectivity index (χ1n) is 6.12. The molecular formula is C15H10BrClFN3. The number of rotatable bonds is 2. The Morgan fingerprint density at radius 2 is 1.81 bits per heavy atom. The number of aromatic amines is 1. The highest BCUT2D eigenvalue weighted by atomic mass is 79.9. The second-order valence-electron chi connectivity index (χ2n) is 4.44. The smallest absolute Gasteiger partial charge is 0.153 e. The number of hydrogen-bond acceptors (Lipinski definition) is 2. The predicted octanol–water partition coefficient (Wildman–Crippen LogP) is 4.88. The van der Waals surface area contributed by atoms with Crippen molar-refractivity contribution in [2.75, 3.05) is 5.73 Å². The summed E-state index contributed by atoms with van der Waals surface area (Å²) < 4.78 is 14.7. The highest BCUT2D eigenvalue weighted by Gasteiger charge is 2.20. The Kier molecular flexibility index (Phi) is 3.69. The van der Waals surface area contributed by atoms with E-state index in [-0.39, 0.29) is 11.6 Å². The van der Waals surface area contributed by atoms with Crippen molar-refractivity contribution < 1.29 is 4.39 Å². The molecule has 0 saturated heterocycles. The number of halogens is 3. The van der Waals surface area contributed by atoms with Crippen LogP contribution in [-0.4, -0.2) is 10.2 Å². The summed E-state index contributed by atoms with van der Waals surface area (Å²) in [6.07, 6.45) is 0. The molecule has 3 nitrogen and oxygen atoms in total. The number of nitrogen functional groups attached to an aromatic ring is 1. The summed E-state index contributed by atoms with van der Waals surface area (Å²) in [6.45, 7) is 0. The fraction of sp³-hybridized carbons (Fsp3) is 0. The first-order valence-corrected chi connectivity index (χ1v) is 7.30. The monoisotopic (exact) mass is 365 g/mol. The molecule has 2 aromatic carbocycles. The summed E-state index contributed by atoms with van der Waals surface area (Å²) in [5.41, 5.74) is 8.11. The Hall–Kier alpha value is -1.85. The number of nitrogens with one attached hydrogen (secondary N) is 1. The minimum absolute atomic E-state index is 0.275. The maximum absolute atomic E-state index is 14.3. The SMILES string of the molecule is Nc1n[nH]c(-c2cccc(Br)c2F)c1-c1ccccc1Cl. The quantitative estimate of drug-likeness (QED) is 0.679. The van der Waals surface area contributed by atoms with Crippen molar-refractivity contribution in [3.05, 3.63) is 57.8 Å². The number of benzene rings is 2. The molecule has 21 heavy (non-hydrogen) atoms. The van der Waals surface area contributed by atoms with Gasteiger partial charge in [0.05, 0.1) is 15.7 Å². The number of H-pyrrole nitrogens is 1. The van der Waals surface area contributed by atoms with Crippen LogP contribution in [0.5, 0.6) is 0 Å². The van der Waals surface area contributed by atoms with Crippen LogP contribution in [0.15, 0.2) is 46.9 Å². The van der Waals surface area contributed by atoms with Gasteiger partial charge < -0.3 is 5.73 Å². The largest absolute Gasteiger partial charge is 0.382 e. The van der Waals surface area contributed by atoms with Gasteiger partial charge >= 0.3 is 0 Å². The van der Waals surface area contributed by atoms with Gasteiger partial charge in [-0.2, -0.15) is 5.10 Å². The van der Waals surface area contributed by atoms with Gasteiger partial charge in [-0.15, -0.1) is 0 Å². The Morgan fingerprint density at radius 3 is 2.57 bits per heavy atom. The van der Waals surface area contributed by atoms with E-state index < -0.39 is 0 Å². The van der Waals surface area contributed by atoms with E-state index in [9.17, 15) is 4.39 Å². The van der Waals surface area contributed by atoms with Gasteiger partial charge in [-0.3, -0.25) is 5.10 Å². The van der Waals surface area contributed by atoms with Crippen LogP contribution in [0, 0.1) is 5.82 Å². The molecule has 0 radical (unpaired) electrons. The molecule has 0 fully saturated rings. The summed E-state index contributed by atoms with van der Waals surface area (Å²) >= 11 is 9.40. The summed E-state index contributed by atoms with van der Waals surface area (Å²) in [5, 5.41) is 7.31. The standard InChI is InChI=1S/C15H10BrClFN3/c16-10-6-3-5-9(13(10)18)14-12(15(19)21-20-14)8-4-1-2-7-11(8)17/h1-7H,(H3,19,20,21). The molecule has 0 atom stereocenters. The van der Waals surface area contributed by atoms with Gasteiger partial charge in [0, 0.05) is 16.1 Å². The van der Waals surface area contributed by atoms with Crippen LogP contribution in [0.25, 0.3) is 22.4 Å². The van der Waals surface area contributed by atoms with E-state index in [2.05, 4.69) is 26.1 Å². The molecule has 0 bridgehead atoms. The maximum Gasteiger partial charge on any atom is 0.153 e. The number of aromatic nitrogens is 2. The fourth-order valence-electron chi connectivity index (χ4n) is 2.18. The average Bonchev–Trinajstić information content (AvgIpc) is 2.84. The zero-order valence-corrected chi connectivity index (χ0v) is 13.0. The Balaban J connectivity index is 2.28. The Labute approximate surface area is 134 Å². The molecule has 0 spiro atoms. The zero-order chi connectivity index (χ0) is 15.0. The van der Waals surface area contributed by atoms with E-state index in [1.165, 1.54) is 0 Å². The van der Waals surface area contributed by atoms with Crippen molar-refractivity contribution in [3.63, 3.8) is 0 Å². The highest BCUT2D eigenvalue weighted by molar-refractivity contribution is 9.10. The van der Waals surface area contributed by atoms with E-state index in [4.69, 9.17) is 17.3 Å². The van der Waals surface area contributed by atoms with Crippen molar-refractivity contribution in [3.8, 4) is 22.4 Å². The lowest BCUT2D eigenvalue weighted by molar-refractivity contribution is 0.624. The first-order chi connectivity index (χ1) is 10.1. The van der Waals surface area contributed by atoms with Gasteiger partial charge in [0.2, 0.25) is 0 Å². The Bertz CT molecular complexity index is 816. The second kappa shape index (κ2) is 5.50. The average molecular weight is 367 g/mol. The summed E-state index contributed by atoms with van der Waals surface area (Å²) in [5.74, 6) is -0.105. The molecule has 3 N–H and O–H groups in total. The van der Waals surface area contributed by atoms with Crippen molar-refractivity contribution in [2.24, 2.45) is 0 Å². The molecule has 0 aliphatic rings. The number of nitrogens with zero attached hydrogens (tertiary/aromatic N) is 1. The van der Waals surface area contributed by atoms with Crippen molar-refractivity contribution in [1.29, 1.82) is 0 Å². The van der Waals surface area contributed by atoms with Gasteiger partial charge in [-0.1, -0.05) is 35.9 Å². The van der Waals surface area contributed by atoms with Crippen LogP contribution in [-0.2, 0) is 0 Å². The summed E-state index contributed by atoms with van der Waals surface area (Å²) in [7, 11) is 0. The van der Waals surface area contributed by atoms with Crippen molar-refractivity contribution in [1.82, 2.24) is 10.2 Å². The van der Waals surface area contributed by atoms with Crippen molar-refractivity contribution in [2.45, 2.75) is 0 Å². The van der Waals surface area contributed by atoms with Gasteiger partial charge in [0.1, 0.15) is 5.82 Å². The van der Waals surface area contributed by atoms with Gasteiger partial charge in [0.15, 0.2) is 5.82 Å². The number of hydrogen-bond donors (Lipinski definition) is 2. The molecule has 0 saturated carbocycles. The molecule has 0 aliphatic carbocycles. The van der Waals surface area contributed by atoms with Gasteiger partial charge in [0.25, 0.3) is 0 Å². The molecule has 3 rings (SSSR count). The number of nitrogens with two attached hydrogens (primary N) is 1. The van der Waals surface area contributed by atoms with E-state index in [0.29, 0.717) is 31.9 Å². The van der Waals surface area contributed by atoms with Crippen LogP contribution in [0.2, 0.25) is 5.02 Å². The lowest BCUT2D eigenvalue weighted by Gasteiger charge is -2.08. The van der Waals surface area contributed by atoms with Gasteiger partial charge in [-0.25, -0.2) is 4.39 Å². The normalized spacial score (nSPS) is 10.8. The third kappa shape index (κ3) is 2.43. The molecule has 0 aliphatic heterocycles. The molecule has 106 valence electrons. The topological polar surface area (TPSA) is 54.7 Å². The third-order valence-electron chi connectivity index (χ3n) is 3.16. The van der Waals surface area contributed by atoms with E-state index in [1.807, 2.05) is 18.2 Å². The lowest BCUT2D eigenvalue weighted by Crippen LogP contribution is -1.91. The first kappa shape index (κ1) is 14.1. The van der Waals surface area contributed by atoms with E-state index in [1.54, 1.807) is 24.3 Å². The molecular weight excluding hydrogens is 357 g/mol. The summed E-state index contributed by atoms with van der Waals surface area (Å²) in [6, 6.07) is 12.3. The molecule has 3 aromatic rings. The van der Waals surface area contributed by atoms with E-state index >= 15 is 0 Å². The number of anilines is 1. The Morgan fingerprint density at radius 1 is 1.10 bits per heavy atom.